The highest BCUT2D eigenvalue weighted by atomic mass is 32.2. The number of hydrogen-bond donors (Lipinski definition) is 2. The lowest BCUT2D eigenvalue weighted by Gasteiger charge is -2.09. The van der Waals surface area contributed by atoms with Gasteiger partial charge in [-0.3, -0.25) is 9.59 Å². The minimum absolute atomic E-state index is 0.0316. The molecule has 0 saturated heterocycles. The molecule has 0 fully saturated rings. The molecule has 0 aliphatic heterocycles. The molecular weight excluding hydrogens is 476 g/mol. The molecule has 0 radical (unpaired) electrons. The summed E-state index contributed by atoms with van der Waals surface area (Å²) in [5.41, 5.74) is -0.324. The molecule has 0 aliphatic rings. The number of rotatable bonds is 7. The fourth-order valence-corrected chi connectivity index (χ4v) is 3.75. The van der Waals surface area contributed by atoms with Gasteiger partial charge >= 0.3 is 6.18 Å². The summed E-state index contributed by atoms with van der Waals surface area (Å²) in [7, 11) is 0. The van der Waals surface area contributed by atoms with Crippen LogP contribution in [0.5, 0.6) is 0 Å². The van der Waals surface area contributed by atoms with E-state index in [-0.39, 0.29) is 46.5 Å². The van der Waals surface area contributed by atoms with Crippen LogP contribution in [0, 0.1) is 5.82 Å². The zero-order valence-corrected chi connectivity index (χ0v) is 18.1. The van der Waals surface area contributed by atoms with Gasteiger partial charge in [0.05, 0.1) is 23.6 Å². The minimum atomic E-state index is -4.51. The number of carbonyl (C=O) groups excluding carboxylic acids is 1. The summed E-state index contributed by atoms with van der Waals surface area (Å²) < 4.78 is 52.9. The van der Waals surface area contributed by atoms with Gasteiger partial charge in [0, 0.05) is 5.69 Å². The fraction of sp³-hybridized carbons (Fsp3) is 0.190. The Morgan fingerprint density at radius 1 is 1.15 bits per heavy atom. The zero-order chi connectivity index (χ0) is 24.3. The molecule has 0 unspecified atom stereocenters. The van der Waals surface area contributed by atoms with Crippen molar-refractivity contribution in [2.24, 2.45) is 0 Å². The van der Waals surface area contributed by atoms with Crippen molar-refractivity contribution in [3.8, 4) is 0 Å². The summed E-state index contributed by atoms with van der Waals surface area (Å²) in [6, 6.07) is 10.1. The average molecular weight is 492 g/mol. The number of aromatic nitrogens is 5. The molecule has 2 aromatic carbocycles. The van der Waals surface area contributed by atoms with Gasteiger partial charge in [-0.25, -0.2) is 14.1 Å². The van der Waals surface area contributed by atoms with Gasteiger partial charge in [0.15, 0.2) is 11.2 Å². The predicted molar refractivity (Wildman–Crippen MR) is 118 cm³/mol. The van der Waals surface area contributed by atoms with E-state index in [1.807, 2.05) is 0 Å². The van der Waals surface area contributed by atoms with E-state index in [1.54, 1.807) is 12.1 Å². The second kappa shape index (κ2) is 9.63. The van der Waals surface area contributed by atoms with Crippen LogP contribution in [-0.4, -0.2) is 36.6 Å². The quantitative estimate of drug-likeness (QED) is 0.382. The first kappa shape index (κ1) is 23.4. The number of halogens is 4. The van der Waals surface area contributed by atoms with Gasteiger partial charge in [0.1, 0.15) is 11.6 Å². The van der Waals surface area contributed by atoms with Crippen LogP contribution in [0.25, 0.3) is 11.2 Å². The summed E-state index contributed by atoms with van der Waals surface area (Å²) in [5.74, 6) is -0.528. The average Bonchev–Trinajstić information content (AvgIpc) is 3.18. The number of hydrogen-bond acceptors (Lipinski definition) is 6. The highest BCUT2D eigenvalue weighted by molar-refractivity contribution is 7.99. The van der Waals surface area contributed by atoms with Crippen LogP contribution in [0.1, 0.15) is 17.0 Å². The van der Waals surface area contributed by atoms with Gasteiger partial charge in [0.25, 0.3) is 5.56 Å². The van der Waals surface area contributed by atoms with Crippen molar-refractivity contribution in [1.29, 1.82) is 0 Å². The van der Waals surface area contributed by atoms with E-state index in [9.17, 15) is 27.2 Å². The molecule has 34 heavy (non-hydrogen) atoms. The Hall–Kier alpha value is -3.74. The van der Waals surface area contributed by atoms with Gasteiger partial charge in [0.2, 0.25) is 5.91 Å². The van der Waals surface area contributed by atoms with Gasteiger partial charge in [-0.15, -0.1) is 16.9 Å². The van der Waals surface area contributed by atoms with Crippen molar-refractivity contribution in [3.63, 3.8) is 0 Å². The van der Waals surface area contributed by atoms with Crippen molar-refractivity contribution >= 4 is 34.5 Å². The van der Waals surface area contributed by atoms with Crippen molar-refractivity contribution in [2.45, 2.75) is 18.5 Å². The number of thioether (sulfide) groups is 1. The van der Waals surface area contributed by atoms with Crippen LogP contribution in [0.4, 0.5) is 23.2 Å². The molecule has 0 aliphatic carbocycles. The van der Waals surface area contributed by atoms with E-state index in [4.69, 9.17) is 0 Å². The Bertz CT molecular complexity index is 1380. The first-order chi connectivity index (χ1) is 16.2. The van der Waals surface area contributed by atoms with Crippen molar-refractivity contribution in [3.05, 3.63) is 81.7 Å². The lowest BCUT2D eigenvalue weighted by Crippen LogP contribution is -2.16. The van der Waals surface area contributed by atoms with Crippen LogP contribution in [-0.2, 0) is 23.3 Å². The Morgan fingerprint density at radius 3 is 2.65 bits per heavy atom. The number of carbonyl (C=O) groups is 1. The Balaban J connectivity index is 1.40. The first-order valence-electron chi connectivity index (χ1n) is 9.81. The summed E-state index contributed by atoms with van der Waals surface area (Å²) in [5, 5.41) is 10.2. The van der Waals surface area contributed by atoms with Crippen molar-refractivity contribution in [1.82, 2.24) is 25.0 Å². The molecule has 2 aromatic heterocycles. The lowest BCUT2D eigenvalue weighted by atomic mass is 10.2. The maximum Gasteiger partial charge on any atom is 0.416 e. The lowest BCUT2D eigenvalue weighted by molar-refractivity contribution is -0.137. The van der Waals surface area contributed by atoms with Crippen LogP contribution in [0.2, 0.25) is 0 Å². The summed E-state index contributed by atoms with van der Waals surface area (Å²) in [6.45, 7) is 0.221. The molecule has 0 saturated carbocycles. The Kier molecular flexibility index (Phi) is 6.63. The Labute approximate surface area is 193 Å². The van der Waals surface area contributed by atoms with Crippen LogP contribution in [0.3, 0.4) is 0 Å². The molecule has 1 amide bonds. The third-order valence-corrected chi connectivity index (χ3v) is 5.56. The van der Waals surface area contributed by atoms with Crippen LogP contribution in [0.15, 0.2) is 53.3 Å². The molecule has 0 atom stereocenters. The standard InChI is InChI=1S/C21H16F4N6O2S/c22-14-6-4-12(5-7-14)9-31-19-18(29-30-31)20(33)28-16(27-19)10-34-11-17(32)26-15-3-1-2-13(8-15)21(23,24)25/h1-8H,9-11H2,(H,26,32)(H,27,28,33). The number of nitrogens with one attached hydrogen (secondary N) is 2. The van der Waals surface area contributed by atoms with Crippen molar-refractivity contribution < 1.29 is 22.4 Å². The number of nitrogens with zero attached hydrogens (tertiary/aromatic N) is 4. The van der Waals surface area contributed by atoms with E-state index in [0.717, 1.165) is 29.5 Å². The summed E-state index contributed by atoms with van der Waals surface area (Å²) >= 11 is 1.12. The normalized spacial score (nSPS) is 11.6. The number of amides is 1. The monoisotopic (exact) mass is 492 g/mol. The highest BCUT2D eigenvalue weighted by Crippen LogP contribution is 2.30. The van der Waals surface area contributed by atoms with E-state index in [2.05, 4.69) is 25.6 Å². The number of fused-ring (bicyclic) bond motifs is 1. The maximum absolute atomic E-state index is 13.1. The fourth-order valence-electron chi connectivity index (χ4n) is 3.06. The molecule has 8 nitrogen and oxygen atoms in total. The highest BCUT2D eigenvalue weighted by Gasteiger charge is 2.30. The third kappa shape index (κ3) is 5.60. The second-order valence-corrected chi connectivity index (χ2v) is 8.16. The molecule has 2 heterocycles. The smallest absolute Gasteiger partial charge is 0.325 e. The van der Waals surface area contributed by atoms with Gasteiger partial charge in [-0.1, -0.05) is 23.4 Å². The van der Waals surface area contributed by atoms with Gasteiger partial charge < -0.3 is 10.3 Å². The number of anilines is 1. The summed E-state index contributed by atoms with van der Waals surface area (Å²) in [6.07, 6.45) is -4.51. The second-order valence-electron chi connectivity index (χ2n) is 7.18. The van der Waals surface area contributed by atoms with E-state index in [0.29, 0.717) is 0 Å². The van der Waals surface area contributed by atoms with Gasteiger partial charge in [-0.05, 0) is 35.9 Å². The van der Waals surface area contributed by atoms with E-state index >= 15 is 0 Å². The van der Waals surface area contributed by atoms with Crippen molar-refractivity contribution in [2.75, 3.05) is 11.1 Å². The molecule has 13 heteroatoms. The third-order valence-electron chi connectivity index (χ3n) is 4.61. The SMILES string of the molecule is O=C(CSCc1nc2c(nnn2Cc2ccc(F)cc2)c(=O)[nH]1)Nc1cccc(C(F)(F)F)c1. The molecule has 0 spiro atoms. The topological polar surface area (TPSA) is 106 Å². The first-order valence-corrected chi connectivity index (χ1v) is 11.0. The number of H-pyrrole nitrogens is 1. The molecule has 4 aromatic rings. The molecule has 4 rings (SSSR count). The van der Waals surface area contributed by atoms with E-state index in [1.165, 1.54) is 28.9 Å². The van der Waals surface area contributed by atoms with Crippen LogP contribution < -0.4 is 10.9 Å². The number of aromatic amines is 1. The number of alkyl halides is 3. The molecular formula is C21H16F4N6O2S. The minimum Gasteiger partial charge on any atom is -0.325 e. The van der Waals surface area contributed by atoms with E-state index < -0.39 is 23.2 Å². The molecule has 0 bridgehead atoms. The maximum atomic E-state index is 13.1. The van der Waals surface area contributed by atoms with Crippen LogP contribution >= 0.6 is 11.8 Å². The molecule has 2 N–H and O–H groups in total. The Morgan fingerprint density at radius 2 is 1.91 bits per heavy atom. The summed E-state index contributed by atoms with van der Waals surface area (Å²) in [4.78, 5) is 31.4. The molecule has 176 valence electrons. The van der Waals surface area contributed by atoms with Gasteiger partial charge in [-0.2, -0.15) is 13.2 Å². The largest absolute Gasteiger partial charge is 0.416 e. The predicted octanol–water partition coefficient (Wildman–Crippen LogP) is 3.59. The number of benzene rings is 2. The zero-order valence-electron chi connectivity index (χ0n) is 17.3.